The van der Waals surface area contributed by atoms with Gasteiger partial charge in [0.1, 0.15) is 10.8 Å². The summed E-state index contributed by atoms with van der Waals surface area (Å²) in [5.41, 5.74) is 6.17. The SMILES string of the molecule is CCOc1ccccc1C(=O)Nc1nnc(C(C)N)s1. The molecule has 7 heteroatoms. The Balaban J connectivity index is 2.15. The fourth-order valence-electron chi connectivity index (χ4n) is 1.57. The second-order valence-corrected chi connectivity index (χ2v) is 5.13. The van der Waals surface area contributed by atoms with Gasteiger partial charge in [-0.1, -0.05) is 23.5 Å². The lowest BCUT2D eigenvalue weighted by atomic mass is 10.2. The number of carbonyl (C=O) groups excluding carboxylic acids is 1. The number of para-hydroxylation sites is 1. The summed E-state index contributed by atoms with van der Waals surface area (Å²) in [6.45, 7) is 4.18. The highest BCUT2D eigenvalue weighted by Gasteiger charge is 2.15. The molecule has 0 saturated carbocycles. The van der Waals surface area contributed by atoms with Crippen molar-refractivity contribution in [3.8, 4) is 5.75 Å². The van der Waals surface area contributed by atoms with Gasteiger partial charge in [-0.05, 0) is 26.0 Å². The monoisotopic (exact) mass is 292 g/mol. The molecule has 2 rings (SSSR count). The van der Waals surface area contributed by atoms with E-state index in [4.69, 9.17) is 10.5 Å². The Hall–Kier alpha value is -1.99. The van der Waals surface area contributed by atoms with Gasteiger partial charge in [0.2, 0.25) is 5.13 Å². The van der Waals surface area contributed by atoms with Crippen LogP contribution in [0, 0.1) is 0 Å². The van der Waals surface area contributed by atoms with Gasteiger partial charge in [-0.15, -0.1) is 10.2 Å². The lowest BCUT2D eigenvalue weighted by Crippen LogP contribution is -2.13. The molecule has 1 aromatic carbocycles. The van der Waals surface area contributed by atoms with Gasteiger partial charge < -0.3 is 10.5 Å². The zero-order valence-electron chi connectivity index (χ0n) is 11.3. The van der Waals surface area contributed by atoms with Gasteiger partial charge in [0.15, 0.2) is 0 Å². The fraction of sp³-hybridized carbons (Fsp3) is 0.308. The molecular weight excluding hydrogens is 276 g/mol. The van der Waals surface area contributed by atoms with E-state index in [1.165, 1.54) is 11.3 Å². The van der Waals surface area contributed by atoms with Crippen LogP contribution in [0.25, 0.3) is 0 Å². The van der Waals surface area contributed by atoms with Gasteiger partial charge >= 0.3 is 0 Å². The van der Waals surface area contributed by atoms with E-state index in [2.05, 4.69) is 15.5 Å². The summed E-state index contributed by atoms with van der Waals surface area (Å²) in [5.74, 6) is 0.269. The van der Waals surface area contributed by atoms with Gasteiger partial charge in [-0.25, -0.2) is 0 Å². The van der Waals surface area contributed by atoms with Gasteiger partial charge in [0, 0.05) is 0 Å². The van der Waals surface area contributed by atoms with Crippen LogP contribution in [0.1, 0.15) is 35.3 Å². The van der Waals surface area contributed by atoms with E-state index in [1.807, 2.05) is 19.9 Å². The third-order valence-electron chi connectivity index (χ3n) is 2.48. The van der Waals surface area contributed by atoms with Crippen molar-refractivity contribution in [1.29, 1.82) is 0 Å². The molecule has 2 aromatic rings. The molecular formula is C13H16N4O2S. The van der Waals surface area contributed by atoms with Crippen molar-refractivity contribution in [2.45, 2.75) is 19.9 Å². The van der Waals surface area contributed by atoms with Crippen molar-refractivity contribution in [2.75, 3.05) is 11.9 Å². The van der Waals surface area contributed by atoms with E-state index in [1.54, 1.807) is 18.2 Å². The first-order valence-corrected chi connectivity index (χ1v) is 7.05. The van der Waals surface area contributed by atoms with Crippen molar-refractivity contribution in [3.05, 3.63) is 34.8 Å². The first-order chi connectivity index (χ1) is 9.61. The first kappa shape index (κ1) is 14.4. The zero-order chi connectivity index (χ0) is 14.5. The van der Waals surface area contributed by atoms with Gasteiger partial charge in [-0.3, -0.25) is 10.1 Å². The minimum atomic E-state index is -0.276. The van der Waals surface area contributed by atoms with Crippen LogP contribution < -0.4 is 15.8 Å². The summed E-state index contributed by atoms with van der Waals surface area (Å²) in [5, 5.41) is 11.6. The standard InChI is InChI=1S/C13H16N4O2S/c1-3-19-10-7-5-4-6-9(10)11(18)15-13-17-16-12(20-13)8(2)14/h4-8H,3,14H2,1-2H3,(H,15,17,18). The number of rotatable bonds is 5. The lowest BCUT2D eigenvalue weighted by Gasteiger charge is -2.08. The maximum absolute atomic E-state index is 12.2. The predicted molar refractivity (Wildman–Crippen MR) is 78.1 cm³/mol. The first-order valence-electron chi connectivity index (χ1n) is 6.24. The Morgan fingerprint density at radius 3 is 2.85 bits per heavy atom. The Kier molecular flexibility index (Phi) is 4.65. The topological polar surface area (TPSA) is 90.1 Å². The molecule has 0 aliphatic rings. The number of ether oxygens (including phenoxy) is 1. The van der Waals surface area contributed by atoms with Gasteiger partial charge in [0.05, 0.1) is 18.2 Å². The van der Waals surface area contributed by atoms with E-state index in [0.29, 0.717) is 28.1 Å². The molecule has 0 fully saturated rings. The van der Waals surface area contributed by atoms with Crippen LogP contribution in [0.4, 0.5) is 5.13 Å². The fourth-order valence-corrected chi connectivity index (χ4v) is 2.26. The quantitative estimate of drug-likeness (QED) is 0.881. The highest BCUT2D eigenvalue weighted by molar-refractivity contribution is 7.15. The van der Waals surface area contributed by atoms with Crippen LogP contribution in [0.3, 0.4) is 0 Å². The molecule has 0 saturated heterocycles. The van der Waals surface area contributed by atoms with E-state index in [0.717, 1.165) is 0 Å². The minimum absolute atomic E-state index is 0.200. The molecule has 1 amide bonds. The third-order valence-corrected chi connectivity index (χ3v) is 3.52. The van der Waals surface area contributed by atoms with Crippen LogP contribution in [0.2, 0.25) is 0 Å². The second kappa shape index (κ2) is 6.44. The number of nitrogens with one attached hydrogen (secondary N) is 1. The van der Waals surface area contributed by atoms with E-state index in [9.17, 15) is 4.79 Å². The summed E-state index contributed by atoms with van der Waals surface area (Å²) in [4.78, 5) is 12.2. The zero-order valence-corrected chi connectivity index (χ0v) is 12.1. The molecule has 106 valence electrons. The van der Waals surface area contributed by atoms with Crippen LogP contribution in [0.15, 0.2) is 24.3 Å². The van der Waals surface area contributed by atoms with Crippen LogP contribution in [-0.2, 0) is 0 Å². The highest BCUT2D eigenvalue weighted by Crippen LogP contribution is 2.23. The summed E-state index contributed by atoms with van der Waals surface area (Å²) in [6, 6.07) is 6.86. The van der Waals surface area contributed by atoms with Crippen molar-refractivity contribution in [1.82, 2.24) is 10.2 Å². The summed E-state index contributed by atoms with van der Waals surface area (Å²) in [6.07, 6.45) is 0. The number of hydrogen-bond acceptors (Lipinski definition) is 6. The maximum Gasteiger partial charge on any atom is 0.261 e. The van der Waals surface area contributed by atoms with Gasteiger partial charge in [0.25, 0.3) is 5.91 Å². The summed E-state index contributed by atoms with van der Waals surface area (Å²) in [7, 11) is 0. The Bertz CT molecular complexity index is 598. The molecule has 6 nitrogen and oxygen atoms in total. The van der Waals surface area contributed by atoms with E-state index in [-0.39, 0.29) is 11.9 Å². The largest absolute Gasteiger partial charge is 0.493 e. The molecule has 1 aromatic heterocycles. The number of nitrogens with zero attached hydrogens (tertiary/aromatic N) is 2. The number of anilines is 1. The Morgan fingerprint density at radius 1 is 1.45 bits per heavy atom. The second-order valence-electron chi connectivity index (χ2n) is 4.12. The molecule has 0 aliphatic heterocycles. The smallest absolute Gasteiger partial charge is 0.261 e. The maximum atomic E-state index is 12.2. The molecule has 0 radical (unpaired) electrons. The average Bonchev–Trinajstić information content (AvgIpc) is 2.88. The van der Waals surface area contributed by atoms with Crippen molar-refractivity contribution < 1.29 is 9.53 Å². The molecule has 0 aliphatic carbocycles. The molecule has 1 atom stereocenters. The van der Waals surface area contributed by atoms with Crippen LogP contribution in [0.5, 0.6) is 5.75 Å². The number of aromatic nitrogens is 2. The molecule has 20 heavy (non-hydrogen) atoms. The van der Waals surface area contributed by atoms with Crippen molar-refractivity contribution in [2.24, 2.45) is 5.73 Å². The predicted octanol–water partition coefficient (Wildman–Crippen LogP) is 2.21. The Morgan fingerprint density at radius 2 is 2.20 bits per heavy atom. The Labute approximate surface area is 121 Å². The average molecular weight is 292 g/mol. The number of carbonyl (C=O) groups is 1. The summed E-state index contributed by atoms with van der Waals surface area (Å²) < 4.78 is 5.43. The van der Waals surface area contributed by atoms with E-state index >= 15 is 0 Å². The number of benzene rings is 1. The van der Waals surface area contributed by atoms with Crippen molar-refractivity contribution >= 4 is 22.4 Å². The van der Waals surface area contributed by atoms with Crippen molar-refractivity contribution in [3.63, 3.8) is 0 Å². The lowest BCUT2D eigenvalue weighted by molar-refractivity contribution is 0.102. The number of nitrogens with two attached hydrogens (primary N) is 1. The van der Waals surface area contributed by atoms with Crippen LogP contribution in [-0.4, -0.2) is 22.7 Å². The highest BCUT2D eigenvalue weighted by atomic mass is 32.1. The minimum Gasteiger partial charge on any atom is -0.493 e. The summed E-state index contributed by atoms with van der Waals surface area (Å²) >= 11 is 1.26. The molecule has 0 bridgehead atoms. The molecule has 1 unspecified atom stereocenters. The van der Waals surface area contributed by atoms with Gasteiger partial charge in [-0.2, -0.15) is 0 Å². The van der Waals surface area contributed by atoms with E-state index < -0.39 is 0 Å². The number of amides is 1. The third kappa shape index (κ3) is 3.31. The normalized spacial score (nSPS) is 11.9. The van der Waals surface area contributed by atoms with Crippen LogP contribution >= 0.6 is 11.3 Å². The molecule has 0 spiro atoms. The number of hydrogen-bond donors (Lipinski definition) is 2. The molecule has 3 N–H and O–H groups in total. The molecule has 1 heterocycles.